The predicted molar refractivity (Wildman–Crippen MR) is 71.3 cm³/mol. The molecule has 0 fully saturated rings. The van der Waals surface area contributed by atoms with E-state index >= 15 is 0 Å². The van der Waals surface area contributed by atoms with Crippen LogP contribution in [-0.4, -0.2) is 24.7 Å². The molecule has 0 aliphatic carbocycles. The zero-order valence-corrected chi connectivity index (χ0v) is 11.5. The lowest BCUT2D eigenvalue weighted by atomic mass is 10.2. The van der Waals surface area contributed by atoms with Crippen LogP contribution in [0.4, 0.5) is 5.69 Å². The first kappa shape index (κ1) is 12.5. The van der Waals surface area contributed by atoms with Gasteiger partial charge in [0, 0.05) is 25.7 Å². The summed E-state index contributed by atoms with van der Waals surface area (Å²) in [4.78, 5) is 18.0. The van der Waals surface area contributed by atoms with E-state index in [4.69, 9.17) is 13.9 Å². The van der Waals surface area contributed by atoms with Gasteiger partial charge >= 0.3 is 0 Å². The monoisotopic (exact) mass is 274 g/mol. The van der Waals surface area contributed by atoms with E-state index < -0.39 is 0 Å². The Bertz CT molecular complexity index is 678. The van der Waals surface area contributed by atoms with Crippen LogP contribution in [0.3, 0.4) is 0 Å². The first-order valence-corrected chi connectivity index (χ1v) is 6.18. The number of nitrogens with zero attached hydrogens (tertiary/aromatic N) is 2. The molecule has 1 amide bonds. The van der Waals surface area contributed by atoms with Crippen LogP contribution >= 0.6 is 0 Å². The summed E-state index contributed by atoms with van der Waals surface area (Å²) >= 11 is 0. The van der Waals surface area contributed by atoms with Gasteiger partial charge in [0.25, 0.3) is 5.91 Å². The molecule has 0 saturated carbocycles. The van der Waals surface area contributed by atoms with Crippen LogP contribution in [0.15, 0.2) is 22.6 Å². The molecule has 6 heteroatoms. The molecule has 0 radical (unpaired) electrons. The number of ether oxygens (including phenoxy) is 2. The predicted octanol–water partition coefficient (Wildman–Crippen LogP) is 2.30. The molecule has 0 N–H and O–H groups in total. The molecule has 2 heterocycles. The molecule has 2 aromatic rings. The average molecular weight is 274 g/mol. The third kappa shape index (κ3) is 1.99. The van der Waals surface area contributed by atoms with E-state index in [-0.39, 0.29) is 18.5 Å². The quantitative estimate of drug-likeness (QED) is 0.840. The van der Waals surface area contributed by atoms with Gasteiger partial charge in [0.2, 0.25) is 12.6 Å². The minimum Gasteiger partial charge on any atom is -0.454 e. The summed E-state index contributed by atoms with van der Waals surface area (Å²) in [7, 11) is 1.68. The highest BCUT2D eigenvalue weighted by atomic mass is 16.7. The van der Waals surface area contributed by atoms with E-state index in [2.05, 4.69) is 4.98 Å². The van der Waals surface area contributed by atoms with Gasteiger partial charge in [-0.2, -0.15) is 0 Å². The van der Waals surface area contributed by atoms with Gasteiger partial charge in [0.05, 0.1) is 5.69 Å². The molecule has 0 atom stereocenters. The molecular weight excluding hydrogens is 260 g/mol. The van der Waals surface area contributed by atoms with Gasteiger partial charge in [0.15, 0.2) is 17.4 Å². The van der Waals surface area contributed by atoms with Crippen LogP contribution in [0.1, 0.15) is 22.1 Å². The number of oxazole rings is 1. The molecule has 1 aliphatic rings. The van der Waals surface area contributed by atoms with Crippen molar-refractivity contribution in [1.29, 1.82) is 0 Å². The largest absolute Gasteiger partial charge is 0.454 e. The van der Waals surface area contributed by atoms with Gasteiger partial charge in [-0.25, -0.2) is 4.98 Å². The van der Waals surface area contributed by atoms with Crippen LogP contribution in [0.5, 0.6) is 11.5 Å². The number of anilines is 1. The zero-order valence-electron chi connectivity index (χ0n) is 11.5. The third-order valence-electron chi connectivity index (χ3n) is 3.15. The number of carbonyl (C=O) groups excluding carboxylic acids is 1. The maximum atomic E-state index is 12.4. The number of carbonyl (C=O) groups is 1. The number of aryl methyl sites for hydroxylation is 2. The first-order chi connectivity index (χ1) is 9.56. The van der Waals surface area contributed by atoms with Crippen LogP contribution in [-0.2, 0) is 0 Å². The van der Waals surface area contributed by atoms with E-state index in [0.29, 0.717) is 28.8 Å². The standard InChI is InChI=1S/C14H14N2O4/c1-8-13(20-9(2)15-8)14(17)16(3)10-4-5-11-12(6-10)19-7-18-11/h4-6H,7H2,1-3H3. The van der Waals surface area contributed by atoms with Crippen molar-refractivity contribution in [2.24, 2.45) is 0 Å². The first-order valence-electron chi connectivity index (χ1n) is 6.18. The minimum absolute atomic E-state index is 0.205. The lowest BCUT2D eigenvalue weighted by molar-refractivity contribution is 0.0964. The van der Waals surface area contributed by atoms with E-state index in [1.54, 1.807) is 39.1 Å². The summed E-state index contributed by atoms with van der Waals surface area (Å²) in [6, 6.07) is 5.34. The number of hydrogen-bond donors (Lipinski definition) is 0. The molecule has 104 valence electrons. The number of amides is 1. The number of hydrogen-bond acceptors (Lipinski definition) is 5. The van der Waals surface area contributed by atoms with Crippen LogP contribution in [0.25, 0.3) is 0 Å². The molecule has 1 aliphatic heterocycles. The van der Waals surface area contributed by atoms with Crippen molar-refractivity contribution >= 4 is 11.6 Å². The van der Waals surface area contributed by atoms with E-state index in [1.165, 1.54) is 4.90 Å². The van der Waals surface area contributed by atoms with E-state index in [0.717, 1.165) is 0 Å². The zero-order chi connectivity index (χ0) is 14.3. The highest BCUT2D eigenvalue weighted by molar-refractivity contribution is 6.04. The second kappa shape index (κ2) is 4.56. The Morgan fingerprint density at radius 3 is 2.70 bits per heavy atom. The van der Waals surface area contributed by atoms with Gasteiger partial charge in [0.1, 0.15) is 0 Å². The van der Waals surface area contributed by atoms with Crippen molar-refractivity contribution in [1.82, 2.24) is 4.98 Å². The topological polar surface area (TPSA) is 64.8 Å². The Morgan fingerprint density at radius 2 is 2.00 bits per heavy atom. The Balaban J connectivity index is 1.90. The fourth-order valence-corrected chi connectivity index (χ4v) is 2.09. The van der Waals surface area contributed by atoms with Crippen LogP contribution < -0.4 is 14.4 Å². The number of rotatable bonds is 2. The maximum absolute atomic E-state index is 12.4. The Kier molecular flexibility index (Phi) is 2.85. The summed E-state index contributed by atoms with van der Waals surface area (Å²) < 4.78 is 15.9. The van der Waals surface area contributed by atoms with Crippen molar-refractivity contribution < 1.29 is 18.7 Å². The molecule has 0 unspecified atom stereocenters. The van der Waals surface area contributed by atoms with Crippen molar-refractivity contribution in [3.05, 3.63) is 35.5 Å². The summed E-state index contributed by atoms with van der Waals surface area (Å²) in [6.07, 6.45) is 0. The molecule has 0 saturated heterocycles. The van der Waals surface area contributed by atoms with Gasteiger partial charge in [-0.15, -0.1) is 0 Å². The van der Waals surface area contributed by atoms with Gasteiger partial charge < -0.3 is 18.8 Å². The summed E-state index contributed by atoms with van der Waals surface area (Å²) in [5.74, 6) is 1.79. The van der Waals surface area contributed by atoms with E-state index in [9.17, 15) is 4.79 Å². The highest BCUT2D eigenvalue weighted by Gasteiger charge is 2.23. The van der Waals surface area contributed by atoms with Crippen molar-refractivity contribution in [3.8, 4) is 11.5 Å². The summed E-state index contributed by atoms with van der Waals surface area (Å²) in [5, 5.41) is 0. The maximum Gasteiger partial charge on any atom is 0.295 e. The third-order valence-corrected chi connectivity index (χ3v) is 3.15. The van der Waals surface area contributed by atoms with Crippen LogP contribution in [0, 0.1) is 13.8 Å². The Morgan fingerprint density at radius 1 is 1.25 bits per heavy atom. The minimum atomic E-state index is -0.248. The lowest BCUT2D eigenvalue weighted by Gasteiger charge is -2.16. The fourth-order valence-electron chi connectivity index (χ4n) is 2.09. The second-order valence-electron chi connectivity index (χ2n) is 4.55. The highest BCUT2D eigenvalue weighted by Crippen LogP contribution is 2.35. The average Bonchev–Trinajstić information content (AvgIpc) is 3.02. The molecule has 1 aromatic heterocycles. The lowest BCUT2D eigenvalue weighted by Crippen LogP contribution is -2.26. The number of benzene rings is 1. The van der Waals surface area contributed by atoms with Gasteiger partial charge in [-0.05, 0) is 19.1 Å². The van der Waals surface area contributed by atoms with Crippen molar-refractivity contribution in [2.45, 2.75) is 13.8 Å². The van der Waals surface area contributed by atoms with Crippen molar-refractivity contribution in [3.63, 3.8) is 0 Å². The fraction of sp³-hybridized carbons (Fsp3) is 0.286. The number of fused-ring (bicyclic) bond motifs is 1. The second-order valence-corrected chi connectivity index (χ2v) is 4.55. The SMILES string of the molecule is Cc1nc(C)c(C(=O)N(C)c2ccc3c(c2)OCO3)o1. The smallest absolute Gasteiger partial charge is 0.295 e. The molecule has 0 bridgehead atoms. The molecule has 3 rings (SSSR count). The molecule has 20 heavy (non-hydrogen) atoms. The summed E-state index contributed by atoms with van der Waals surface area (Å²) in [5.41, 5.74) is 1.28. The van der Waals surface area contributed by atoms with Crippen molar-refractivity contribution in [2.75, 3.05) is 18.7 Å². The Labute approximate surface area is 115 Å². The number of aromatic nitrogens is 1. The molecule has 6 nitrogen and oxygen atoms in total. The molecule has 0 spiro atoms. The molecular formula is C14H14N2O4. The normalized spacial score (nSPS) is 12.6. The summed E-state index contributed by atoms with van der Waals surface area (Å²) in [6.45, 7) is 3.67. The van der Waals surface area contributed by atoms with Gasteiger partial charge in [-0.1, -0.05) is 0 Å². The van der Waals surface area contributed by atoms with Gasteiger partial charge in [-0.3, -0.25) is 4.79 Å². The van der Waals surface area contributed by atoms with E-state index in [1.807, 2.05) is 0 Å². The Hall–Kier alpha value is -2.50. The molecule has 1 aromatic carbocycles. The van der Waals surface area contributed by atoms with Crippen LogP contribution in [0.2, 0.25) is 0 Å².